The lowest BCUT2D eigenvalue weighted by molar-refractivity contribution is 0.355. The van der Waals surface area contributed by atoms with E-state index in [0.717, 1.165) is 17.2 Å². The SMILES string of the molecule is COc1ccc(Nc2cc(N(C)c3ccccc3)ncn2)cc1OC. The van der Waals surface area contributed by atoms with E-state index in [2.05, 4.69) is 15.3 Å². The van der Waals surface area contributed by atoms with Gasteiger partial charge in [0.2, 0.25) is 0 Å². The molecule has 3 rings (SSSR count). The molecule has 0 fully saturated rings. The summed E-state index contributed by atoms with van der Waals surface area (Å²) in [7, 11) is 5.19. The Labute approximate surface area is 147 Å². The molecule has 1 N–H and O–H groups in total. The second-order valence-corrected chi connectivity index (χ2v) is 5.35. The lowest BCUT2D eigenvalue weighted by atomic mass is 10.2. The zero-order valence-electron chi connectivity index (χ0n) is 14.4. The molecule has 1 aromatic heterocycles. The molecule has 0 spiro atoms. The molecule has 0 saturated heterocycles. The summed E-state index contributed by atoms with van der Waals surface area (Å²) in [6, 6.07) is 17.6. The van der Waals surface area contributed by atoms with E-state index in [-0.39, 0.29) is 0 Å². The molecule has 0 saturated carbocycles. The van der Waals surface area contributed by atoms with Crippen LogP contribution in [-0.2, 0) is 0 Å². The van der Waals surface area contributed by atoms with E-state index in [1.165, 1.54) is 6.33 Å². The third-order valence-electron chi connectivity index (χ3n) is 3.80. The summed E-state index contributed by atoms with van der Waals surface area (Å²) in [6.07, 6.45) is 1.54. The fourth-order valence-corrected chi connectivity index (χ4v) is 2.44. The van der Waals surface area contributed by atoms with Crippen LogP contribution >= 0.6 is 0 Å². The zero-order valence-corrected chi connectivity index (χ0v) is 14.4. The molecular weight excluding hydrogens is 316 g/mol. The summed E-state index contributed by atoms with van der Waals surface area (Å²) in [4.78, 5) is 10.6. The number of aromatic nitrogens is 2. The molecule has 2 aromatic carbocycles. The molecule has 0 radical (unpaired) electrons. The Morgan fingerprint density at radius 2 is 1.64 bits per heavy atom. The maximum Gasteiger partial charge on any atom is 0.162 e. The highest BCUT2D eigenvalue weighted by Gasteiger charge is 2.08. The van der Waals surface area contributed by atoms with E-state index >= 15 is 0 Å². The van der Waals surface area contributed by atoms with Crippen LogP contribution in [0, 0.1) is 0 Å². The summed E-state index contributed by atoms with van der Waals surface area (Å²) in [6.45, 7) is 0. The minimum atomic E-state index is 0.656. The van der Waals surface area contributed by atoms with Crippen molar-refractivity contribution in [3.63, 3.8) is 0 Å². The van der Waals surface area contributed by atoms with Gasteiger partial charge in [-0.05, 0) is 24.3 Å². The van der Waals surface area contributed by atoms with Gasteiger partial charge in [-0.15, -0.1) is 0 Å². The number of hydrogen-bond donors (Lipinski definition) is 1. The standard InChI is InChI=1S/C19H20N4O2/c1-23(15-7-5-4-6-8-15)19-12-18(20-13-21-19)22-14-9-10-16(24-2)17(11-14)25-3/h4-13H,1-3H3,(H,20,21,22). The molecular formula is C19H20N4O2. The predicted octanol–water partition coefficient (Wildman–Crippen LogP) is 4.01. The second kappa shape index (κ2) is 7.53. The van der Waals surface area contributed by atoms with Crippen molar-refractivity contribution in [3.05, 3.63) is 60.9 Å². The van der Waals surface area contributed by atoms with Gasteiger partial charge in [-0.3, -0.25) is 0 Å². The molecule has 128 valence electrons. The first-order valence-electron chi connectivity index (χ1n) is 7.81. The van der Waals surface area contributed by atoms with Gasteiger partial charge in [-0.25, -0.2) is 9.97 Å². The number of para-hydroxylation sites is 1. The Hall–Kier alpha value is -3.28. The van der Waals surface area contributed by atoms with Crippen molar-refractivity contribution >= 4 is 23.0 Å². The molecule has 3 aromatic rings. The molecule has 1 heterocycles. The smallest absolute Gasteiger partial charge is 0.162 e. The van der Waals surface area contributed by atoms with Crippen LogP contribution < -0.4 is 19.7 Å². The Morgan fingerprint density at radius 1 is 0.880 bits per heavy atom. The Morgan fingerprint density at radius 3 is 2.36 bits per heavy atom. The molecule has 25 heavy (non-hydrogen) atoms. The highest BCUT2D eigenvalue weighted by molar-refractivity contribution is 5.66. The fraction of sp³-hybridized carbons (Fsp3) is 0.158. The maximum atomic E-state index is 5.33. The summed E-state index contributed by atoms with van der Waals surface area (Å²) in [5.74, 6) is 2.83. The lowest BCUT2D eigenvalue weighted by Crippen LogP contribution is -2.11. The van der Waals surface area contributed by atoms with Crippen molar-refractivity contribution in [1.82, 2.24) is 9.97 Å². The van der Waals surface area contributed by atoms with E-state index in [1.54, 1.807) is 14.2 Å². The average molecular weight is 336 g/mol. The first-order chi connectivity index (χ1) is 12.2. The Balaban J connectivity index is 1.82. The van der Waals surface area contributed by atoms with Crippen LogP contribution in [0.2, 0.25) is 0 Å². The largest absolute Gasteiger partial charge is 0.493 e. The highest BCUT2D eigenvalue weighted by atomic mass is 16.5. The van der Waals surface area contributed by atoms with E-state index in [9.17, 15) is 0 Å². The van der Waals surface area contributed by atoms with E-state index in [0.29, 0.717) is 17.3 Å². The highest BCUT2D eigenvalue weighted by Crippen LogP contribution is 2.31. The third kappa shape index (κ3) is 3.80. The van der Waals surface area contributed by atoms with Crippen molar-refractivity contribution < 1.29 is 9.47 Å². The number of rotatable bonds is 6. The van der Waals surface area contributed by atoms with E-state index in [4.69, 9.17) is 9.47 Å². The topological polar surface area (TPSA) is 59.5 Å². The lowest BCUT2D eigenvalue weighted by Gasteiger charge is -2.18. The van der Waals surface area contributed by atoms with Gasteiger partial charge in [-0.1, -0.05) is 18.2 Å². The van der Waals surface area contributed by atoms with Crippen molar-refractivity contribution in [2.24, 2.45) is 0 Å². The number of hydrogen-bond acceptors (Lipinski definition) is 6. The maximum absolute atomic E-state index is 5.33. The normalized spacial score (nSPS) is 10.2. The number of nitrogens with one attached hydrogen (secondary N) is 1. The molecule has 0 unspecified atom stereocenters. The minimum Gasteiger partial charge on any atom is -0.493 e. The number of benzene rings is 2. The quantitative estimate of drug-likeness (QED) is 0.734. The average Bonchev–Trinajstić information content (AvgIpc) is 2.68. The van der Waals surface area contributed by atoms with Crippen LogP contribution in [0.1, 0.15) is 0 Å². The van der Waals surface area contributed by atoms with Crippen molar-refractivity contribution in [2.75, 3.05) is 31.5 Å². The number of nitrogens with zero attached hydrogens (tertiary/aromatic N) is 3. The van der Waals surface area contributed by atoms with E-state index < -0.39 is 0 Å². The van der Waals surface area contributed by atoms with Crippen LogP contribution in [0.25, 0.3) is 0 Å². The number of ether oxygens (including phenoxy) is 2. The van der Waals surface area contributed by atoms with Gasteiger partial charge in [0.1, 0.15) is 18.0 Å². The van der Waals surface area contributed by atoms with Crippen LogP contribution in [0.15, 0.2) is 60.9 Å². The van der Waals surface area contributed by atoms with Crippen LogP contribution in [0.3, 0.4) is 0 Å². The van der Waals surface area contributed by atoms with Gasteiger partial charge < -0.3 is 19.7 Å². The molecule has 0 atom stereocenters. The minimum absolute atomic E-state index is 0.656. The Bertz CT molecular complexity index is 840. The van der Waals surface area contributed by atoms with Gasteiger partial charge >= 0.3 is 0 Å². The summed E-state index contributed by atoms with van der Waals surface area (Å²) < 4.78 is 10.6. The van der Waals surface area contributed by atoms with Gasteiger partial charge in [0.15, 0.2) is 11.5 Å². The number of anilines is 4. The van der Waals surface area contributed by atoms with Gasteiger partial charge in [0.25, 0.3) is 0 Å². The molecule has 0 aliphatic carbocycles. The van der Waals surface area contributed by atoms with Crippen LogP contribution in [0.4, 0.5) is 23.0 Å². The van der Waals surface area contributed by atoms with Gasteiger partial charge in [0, 0.05) is 30.6 Å². The second-order valence-electron chi connectivity index (χ2n) is 5.35. The third-order valence-corrected chi connectivity index (χ3v) is 3.80. The summed E-state index contributed by atoms with van der Waals surface area (Å²) >= 11 is 0. The first-order valence-corrected chi connectivity index (χ1v) is 7.81. The molecule has 6 nitrogen and oxygen atoms in total. The van der Waals surface area contributed by atoms with E-state index in [1.807, 2.05) is 66.5 Å². The van der Waals surface area contributed by atoms with Crippen LogP contribution in [0.5, 0.6) is 11.5 Å². The molecule has 0 bridgehead atoms. The summed E-state index contributed by atoms with van der Waals surface area (Å²) in [5, 5.41) is 3.26. The molecule has 6 heteroatoms. The zero-order chi connectivity index (χ0) is 17.6. The molecule has 0 aliphatic rings. The fourth-order valence-electron chi connectivity index (χ4n) is 2.44. The van der Waals surface area contributed by atoms with Crippen molar-refractivity contribution in [2.45, 2.75) is 0 Å². The van der Waals surface area contributed by atoms with Gasteiger partial charge in [0.05, 0.1) is 14.2 Å². The summed E-state index contributed by atoms with van der Waals surface area (Å²) in [5.41, 5.74) is 1.91. The molecule has 0 amide bonds. The van der Waals surface area contributed by atoms with Crippen molar-refractivity contribution in [3.8, 4) is 11.5 Å². The predicted molar refractivity (Wildman–Crippen MR) is 99.4 cm³/mol. The molecule has 0 aliphatic heterocycles. The number of methoxy groups -OCH3 is 2. The van der Waals surface area contributed by atoms with Crippen LogP contribution in [-0.4, -0.2) is 31.2 Å². The first kappa shape index (κ1) is 16.6. The van der Waals surface area contributed by atoms with Crippen molar-refractivity contribution in [1.29, 1.82) is 0 Å². The Kier molecular flexibility index (Phi) is 4.99. The van der Waals surface area contributed by atoms with Gasteiger partial charge in [-0.2, -0.15) is 0 Å². The monoisotopic (exact) mass is 336 g/mol.